The fraction of sp³-hybridized carbons (Fsp3) is 0.714. The highest BCUT2D eigenvalue weighted by atomic mass is 16.4. The van der Waals surface area contributed by atoms with E-state index in [1.54, 1.807) is 0 Å². The summed E-state index contributed by atoms with van der Waals surface area (Å²) < 4.78 is 1.95. The van der Waals surface area contributed by atoms with Gasteiger partial charge in [0.1, 0.15) is 0 Å². The number of carboxylic acid groups (broad SMARTS) is 1. The molecule has 5 heteroatoms. The molecule has 1 aliphatic heterocycles. The lowest BCUT2D eigenvalue weighted by molar-refractivity contribution is -0.151. The Hall–Kier alpha value is -1.36. The smallest absolute Gasteiger partial charge is 0.310 e. The third-order valence-corrected chi connectivity index (χ3v) is 3.84. The van der Waals surface area contributed by atoms with Crippen molar-refractivity contribution < 1.29 is 9.90 Å². The van der Waals surface area contributed by atoms with E-state index >= 15 is 0 Å². The Morgan fingerprint density at radius 1 is 1.58 bits per heavy atom. The second-order valence-electron chi connectivity index (χ2n) is 5.79. The Kier molecular flexibility index (Phi) is 4.24. The molecule has 19 heavy (non-hydrogen) atoms. The molecule has 1 N–H and O–H groups in total. The Morgan fingerprint density at radius 3 is 3.05 bits per heavy atom. The van der Waals surface area contributed by atoms with Crippen molar-refractivity contribution in [1.29, 1.82) is 0 Å². The van der Waals surface area contributed by atoms with Crippen molar-refractivity contribution in [1.82, 2.24) is 14.7 Å². The number of rotatable bonds is 5. The first-order valence-corrected chi connectivity index (χ1v) is 7.00. The Balaban J connectivity index is 1.96. The number of nitrogens with zero attached hydrogens (tertiary/aromatic N) is 3. The quantitative estimate of drug-likeness (QED) is 0.884. The van der Waals surface area contributed by atoms with E-state index < -0.39 is 11.4 Å². The molecule has 1 aromatic rings. The summed E-state index contributed by atoms with van der Waals surface area (Å²) in [5.74, 6) is -0.682. The van der Waals surface area contributed by atoms with Gasteiger partial charge in [-0.3, -0.25) is 14.4 Å². The average Bonchev–Trinajstić information content (AvgIpc) is 2.77. The van der Waals surface area contributed by atoms with Crippen molar-refractivity contribution in [2.75, 3.05) is 13.1 Å². The molecule has 1 aliphatic rings. The van der Waals surface area contributed by atoms with Crippen molar-refractivity contribution >= 4 is 5.97 Å². The van der Waals surface area contributed by atoms with Gasteiger partial charge >= 0.3 is 5.97 Å². The molecule has 0 aliphatic carbocycles. The molecule has 0 aromatic carbocycles. The molecule has 0 bridgehead atoms. The third kappa shape index (κ3) is 3.35. The van der Waals surface area contributed by atoms with Gasteiger partial charge in [-0.25, -0.2) is 0 Å². The molecule has 5 nitrogen and oxygen atoms in total. The van der Waals surface area contributed by atoms with E-state index in [4.69, 9.17) is 0 Å². The predicted octanol–water partition coefficient (Wildman–Crippen LogP) is 1.98. The van der Waals surface area contributed by atoms with Crippen molar-refractivity contribution in [2.24, 2.45) is 5.41 Å². The number of likely N-dealkylation sites (tertiary alicyclic amines) is 1. The van der Waals surface area contributed by atoms with Gasteiger partial charge in [0.2, 0.25) is 0 Å². The van der Waals surface area contributed by atoms with Gasteiger partial charge in [0.15, 0.2) is 0 Å². The molecule has 0 radical (unpaired) electrons. The fourth-order valence-corrected chi connectivity index (χ4v) is 2.75. The SMILES string of the molecule is CCCn1cc(CN2CCCC(C)(C(=O)O)C2)cn1. The zero-order chi connectivity index (χ0) is 13.9. The molecule has 0 saturated carbocycles. The highest BCUT2D eigenvalue weighted by molar-refractivity contribution is 5.74. The number of hydrogen-bond acceptors (Lipinski definition) is 3. The second kappa shape index (κ2) is 5.74. The van der Waals surface area contributed by atoms with Crippen molar-refractivity contribution in [3.05, 3.63) is 18.0 Å². The third-order valence-electron chi connectivity index (χ3n) is 3.84. The van der Waals surface area contributed by atoms with Crippen molar-refractivity contribution in [3.63, 3.8) is 0 Å². The monoisotopic (exact) mass is 265 g/mol. The van der Waals surface area contributed by atoms with Crippen LogP contribution in [0.3, 0.4) is 0 Å². The lowest BCUT2D eigenvalue weighted by atomic mass is 9.82. The molecule has 1 aromatic heterocycles. The molecular weight excluding hydrogens is 242 g/mol. The van der Waals surface area contributed by atoms with Crippen LogP contribution >= 0.6 is 0 Å². The van der Waals surface area contributed by atoms with E-state index in [-0.39, 0.29) is 0 Å². The first-order chi connectivity index (χ1) is 9.03. The van der Waals surface area contributed by atoms with E-state index in [0.29, 0.717) is 6.54 Å². The molecule has 0 spiro atoms. The van der Waals surface area contributed by atoms with Crippen molar-refractivity contribution in [3.8, 4) is 0 Å². The van der Waals surface area contributed by atoms with Crippen LogP contribution < -0.4 is 0 Å². The number of aromatic nitrogens is 2. The van der Waals surface area contributed by atoms with Crippen LogP contribution in [0.5, 0.6) is 0 Å². The van der Waals surface area contributed by atoms with Gasteiger partial charge in [0.05, 0.1) is 11.6 Å². The number of aryl methyl sites for hydroxylation is 1. The summed E-state index contributed by atoms with van der Waals surface area (Å²) >= 11 is 0. The van der Waals surface area contributed by atoms with E-state index in [1.807, 2.05) is 17.8 Å². The van der Waals surface area contributed by atoms with Crippen LogP contribution in [0.1, 0.15) is 38.7 Å². The van der Waals surface area contributed by atoms with Gasteiger partial charge < -0.3 is 5.11 Å². The van der Waals surface area contributed by atoms with Crippen LogP contribution in [-0.2, 0) is 17.9 Å². The number of hydrogen-bond donors (Lipinski definition) is 1. The number of carbonyl (C=O) groups is 1. The van der Waals surface area contributed by atoms with Crippen molar-refractivity contribution in [2.45, 2.75) is 46.2 Å². The molecule has 1 fully saturated rings. The molecule has 1 unspecified atom stereocenters. The zero-order valence-electron chi connectivity index (χ0n) is 11.8. The number of carboxylic acids is 1. The number of aliphatic carboxylic acids is 1. The summed E-state index contributed by atoms with van der Waals surface area (Å²) in [5, 5.41) is 13.6. The highest BCUT2D eigenvalue weighted by Gasteiger charge is 2.37. The Bertz CT molecular complexity index is 444. The second-order valence-corrected chi connectivity index (χ2v) is 5.79. The van der Waals surface area contributed by atoms with E-state index in [0.717, 1.165) is 38.9 Å². The standard InChI is InChI=1S/C14H23N3O2/c1-3-6-17-10-12(8-15-17)9-16-7-4-5-14(2,11-16)13(18)19/h8,10H,3-7,9,11H2,1-2H3,(H,18,19). The van der Waals surface area contributed by atoms with Gasteiger partial charge in [0.25, 0.3) is 0 Å². The molecule has 1 atom stereocenters. The maximum absolute atomic E-state index is 11.3. The van der Waals surface area contributed by atoms with Gasteiger partial charge in [0, 0.05) is 31.4 Å². The zero-order valence-corrected chi connectivity index (χ0v) is 11.8. The maximum Gasteiger partial charge on any atom is 0.310 e. The van der Waals surface area contributed by atoms with Gasteiger partial charge in [-0.1, -0.05) is 6.92 Å². The summed E-state index contributed by atoms with van der Waals surface area (Å²) in [6.07, 6.45) is 6.75. The molecule has 2 heterocycles. The summed E-state index contributed by atoms with van der Waals surface area (Å²) in [6, 6.07) is 0. The van der Waals surface area contributed by atoms with Crippen LogP contribution in [0, 0.1) is 5.41 Å². The lowest BCUT2D eigenvalue weighted by Gasteiger charge is -2.37. The predicted molar refractivity (Wildman–Crippen MR) is 72.8 cm³/mol. The van der Waals surface area contributed by atoms with Crippen LogP contribution in [0.15, 0.2) is 12.4 Å². The molecule has 106 valence electrons. The first kappa shape index (κ1) is 14.1. The summed E-state index contributed by atoms with van der Waals surface area (Å²) in [4.78, 5) is 13.5. The van der Waals surface area contributed by atoms with Gasteiger partial charge in [-0.05, 0) is 32.7 Å². The molecule has 1 saturated heterocycles. The minimum Gasteiger partial charge on any atom is -0.481 e. The largest absolute Gasteiger partial charge is 0.481 e. The first-order valence-electron chi connectivity index (χ1n) is 7.00. The van der Waals surface area contributed by atoms with Gasteiger partial charge in [-0.2, -0.15) is 5.10 Å². The average molecular weight is 265 g/mol. The van der Waals surface area contributed by atoms with E-state index in [1.165, 1.54) is 5.56 Å². The van der Waals surface area contributed by atoms with Crippen LogP contribution in [0.4, 0.5) is 0 Å². The number of piperidine rings is 1. The van der Waals surface area contributed by atoms with Crippen LogP contribution in [0.25, 0.3) is 0 Å². The minimum absolute atomic E-state index is 0.600. The molecule has 0 amide bonds. The van der Waals surface area contributed by atoms with E-state index in [2.05, 4.69) is 23.1 Å². The van der Waals surface area contributed by atoms with Crippen LogP contribution in [-0.4, -0.2) is 38.8 Å². The lowest BCUT2D eigenvalue weighted by Crippen LogP contribution is -2.45. The maximum atomic E-state index is 11.3. The normalized spacial score (nSPS) is 24.5. The minimum atomic E-state index is -0.682. The highest BCUT2D eigenvalue weighted by Crippen LogP contribution is 2.30. The van der Waals surface area contributed by atoms with E-state index in [9.17, 15) is 9.90 Å². The Labute approximate surface area is 114 Å². The topological polar surface area (TPSA) is 58.4 Å². The molecule has 2 rings (SSSR count). The summed E-state index contributed by atoms with van der Waals surface area (Å²) in [7, 11) is 0. The van der Waals surface area contributed by atoms with Crippen LogP contribution in [0.2, 0.25) is 0 Å². The molecular formula is C14H23N3O2. The Morgan fingerprint density at radius 2 is 2.37 bits per heavy atom. The van der Waals surface area contributed by atoms with Gasteiger partial charge in [-0.15, -0.1) is 0 Å². The summed E-state index contributed by atoms with van der Waals surface area (Å²) in [6.45, 7) is 7.31. The summed E-state index contributed by atoms with van der Waals surface area (Å²) in [5.41, 5.74) is 0.570. The fourth-order valence-electron chi connectivity index (χ4n) is 2.75.